The summed E-state index contributed by atoms with van der Waals surface area (Å²) in [4.78, 5) is 0. The number of alkyl halides is 1. The normalized spacial score (nSPS) is 19.8. The number of rotatable bonds is 3. The van der Waals surface area contributed by atoms with Gasteiger partial charge in [-0.2, -0.15) is 4.57 Å². The van der Waals surface area contributed by atoms with Crippen molar-refractivity contribution in [3.63, 3.8) is 0 Å². The molecule has 1 heterocycles. The Morgan fingerprint density at radius 1 is 1.05 bits per heavy atom. The Morgan fingerprint density at radius 2 is 1.90 bits per heavy atom. The van der Waals surface area contributed by atoms with Gasteiger partial charge < -0.3 is 0 Å². The third-order valence-electron chi connectivity index (χ3n) is 3.92. The molecule has 2 heteroatoms. The summed E-state index contributed by atoms with van der Waals surface area (Å²) >= 11 is 6.59. The summed E-state index contributed by atoms with van der Waals surface area (Å²) in [6, 6.07) is 14.5. The number of hydrogen-bond acceptors (Lipinski definition) is 0. The van der Waals surface area contributed by atoms with Crippen LogP contribution in [-0.2, 0) is 0 Å². The third-order valence-corrected chi connectivity index (χ3v) is 4.40. The fourth-order valence-corrected chi connectivity index (χ4v) is 3.04. The molecular formula is C18H19ClN+. The first kappa shape index (κ1) is 13.4. The molecule has 0 saturated heterocycles. The van der Waals surface area contributed by atoms with Crippen LogP contribution in [0, 0.1) is 0 Å². The van der Waals surface area contributed by atoms with Gasteiger partial charge in [0.25, 0.3) is 5.50 Å². The van der Waals surface area contributed by atoms with E-state index in [2.05, 4.69) is 47.2 Å². The van der Waals surface area contributed by atoms with E-state index < -0.39 is 0 Å². The highest BCUT2D eigenvalue weighted by Gasteiger charge is 2.20. The molecule has 0 amide bonds. The van der Waals surface area contributed by atoms with Gasteiger partial charge >= 0.3 is 0 Å². The van der Waals surface area contributed by atoms with Crippen LogP contribution in [0.3, 0.4) is 0 Å². The zero-order valence-corrected chi connectivity index (χ0v) is 12.2. The fraction of sp³-hybridized carbons (Fsp3) is 0.278. The molecule has 0 aliphatic heterocycles. The molecule has 1 nitrogen and oxygen atoms in total. The van der Waals surface area contributed by atoms with E-state index in [1.165, 1.54) is 18.4 Å². The predicted octanol–water partition coefficient (Wildman–Crippen LogP) is 4.58. The first-order valence-corrected chi connectivity index (χ1v) is 7.63. The lowest BCUT2D eigenvalue weighted by atomic mass is 9.89. The lowest BCUT2D eigenvalue weighted by molar-refractivity contribution is -0.694. The smallest absolute Gasteiger partial charge is 0.183 e. The van der Waals surface area contributed by atoms with Crippen molar-refractivity contribution in [2.45, 2.75) is 30.7 Å². The second-order valence-electron chi connectivity index (χ2n) is 5.31. The van der Waals surface area contributed by atoms with E-state index in [9.17, 15) is 0 Å². The molecule has 102 valence electrons. The Labute approximate surface area is 125 Å². The van der Waals surface area contributed by atoms with Crippen molar-refractivity contribution in [1.82, 2.24) is 0 Å². The molecule has 1 aromatic carbocycles. The Kier molecular flexibility index (Phi) is 4.17. The van der Waals surface area contributed by atoms with E-state index in [0.717, 1.165) is 12.0 Å². The molecule has 0 radical (unpaired) electrons. The molecule has 2 unspecified atom stereocenters. The quantitative estimate of drug-likeness (QED) is 0.441. The molecule has 1 aliphatic rings. The van der Waals surface area contributed by atoms with Gasteiger partial charge in [0.1, 0.15) is 0 Å². The van der Waals surface area contributed by atoms with Crippen LogP contribution in [0.4, 0.5) is 0 Å². The van der Waals surface area contributed by atoms with Crippen molar-refractivity contribution in [2.75, 3.05) is 0 Å². The Bertz CT molecular complexity index is 591. The van der Waals surface area contributed by atoms with Gasteiger partial charge in [-0.25, -0.2) is 0 Å². The van der Waals surface area contributed by atoms with Gasteiger partial charge in [0.05, 0.1) is 0 Å². The zero-order valence-electron chi connectivity index (χ0n) is 11.5. The summed E-state index contributed by atoms with van der Waals surface area (Å²) in [7, 11) is 0. The molecule has 0 fully saturated rings. The number of hydrogen-bond donors (Lipinski definition) is 0. The highest BCUT2D eigenvalue weighted by molar-refractivity contribution is 6.19. The molecule has 2 aromatic rings. The standard InChI is InChI=1S/C18H19ClN/c19-18(16-10-5-2-6-11-16)20-13-7-12-17(14-20)15-8-3-1-4-9-15/h1-3,5-7,10-15,18H,4,8-9H2/q+1. The molecule has 2 atom stereocenters. The lowest BCUT2D eigenvalue weighted by Crippen LogP contribution is -2.37. The number of pyridine rings is 1. The first-order chi connectivity index (χ1) is 9.84. The fourth-order valence-electron chi connectivity index (χ4n) is 2.77. The number of benzene rings is 1. The zero-order chi connectivity index (χ0) is 13.8. The van der Waals surface area contributed by atoms with Crippen molar-refractivity contribution in [3.05, 3.63) is 78.1 Å². The van der Waals surface area contributed by atoms with Crippen molar-refractivity contribution in [2.24, 2.45) is 0 Å². The summed E-state index contributed by atoms with van der Waals surface area (Å²) in [5.41, 5.74) is 2.37. The maximum absolute atomic E-state index is 6.59. The molecule has 20 heavy (non-hydrogen) atoms. The van der Waals surface area contributed by atoms with Crippen LogP contribution in [0.1, 0.15) is 41.8 Å². The molecule has 1 aromatic heterocycles. The summed E-state index contributed by atoms with van der Waals surface area (Å²) < 4.78 is 2.10. The van der Waals surface area contributed by atoms with Gasteiger partial charge in [0.2, 0.25) is 0 Å². The van der Waals surface area contributed by atoms with Crippen LogP contribution in [0.15, 0.2) is 67.0 Å². The average Bonchev–Trinajstić information content (AvgIpc) is 2.56. The van der Waals surface area contributed by atoms with Crippen LogP contribution in [0.2, 0.25) is 0 Å². The Hall–Kier alpha value is -1.60. The maximum atomic E-state index is 6.59. The van der Waals surface area contributed by atoms with Crippen molar-refractivity contribution in [1.29, 1.82) is 0 Å². The van der Waals surface area contributed by atoms with Crippen molar-refractivity contribution < 1.29 is 4.57 Å². The lowest BCUT2D eigenvalue weighted by Gasteiger charge is -2.17. The van der Waals surface area contributed by atoms with Crippen LogP contribution in [-0.4, -0.2) is 0 Å². The van der Waals surface area contributed by atoms with E-state index in [-0.39, 0.29) is 5.50 Å². The van der Waals surface area contributed by atoms with Gasteiger partial charge in [-0.3, -0.25) is 0 Å². The van der Waals surface area contributed by atoms with Gasteiger partial charge in [-0.15, -0.1) is 0 Å². The number of halogens is 1. The summed E-state index contributed by atoms with van der Waals surface area (Å²) in [6.07, 6.45) is 12.4. The van der Waals surface area contributed by atoms with E-state index in [0.29, 0.717) is 5.92 Å². The summed E-state index contributed by atoms with van der Waals surface area (Å²) in [5.74, 6) is 0.632. The molecule has 3 rings (SSSR count). The minimum atomic E-state index is -0.143. The van der Waals surface area contributed by atoms with Crippen molar-refractivity contribution >= 4 is 11.6 Å². The van der Waals surface area contributed by atoms with Crippen LogP contribution < -0.4 is 4.57 Å². The highest BCUT2D eigenvalue weighted by Crippen LogP contribution is 2.28. The van der Waals surface area contributed by atoms with Crippen molar-refractivity contribution in [3.8, 4) is 0 Å². The molecule has 0 saturated carbocycles. The van der Waals surface area contributed by atoms with Crippen LogP contribution >= 0.6 is 11.6 Å². The molecule has 0 bridgehead atoms. The van der Waals surface area contributed by atoms with E-state index in [1.54, 1.807) is 0 Å². The number of nitrogens with zero attached hydrogens (tertiary/aromatic N) is 1. The topological polar surface area (TPSA) is 3.88 Å². The number of aromatic nitrogens is 1. The summed E-state index contributed by atoms with van der Waals surface area (Å²) in [5, 5.41) is 0. The summed E-state index contributed by atoms with van der Waals surface area (Å²) in [6.45, 7) is 0. The minimum Gasteiger partial charge on any atom is -0.183 e. The molecule has 1 aliphatic carbocycles. The molecular weight excluding hydrogens is 266 g/mol. The van der Waals surface area contributed by atoms with Gasteiger partial charge in [-0.1, -0.05) is 42.5 Å². The number of allylic oxidation sites excluding steroid dienone is 2. The van der Waals surface area contributed by atoms with Gasteiger partial charge in [-0.05, 0) is 42.8 Å². The van der Waals surface area contributed by atoms with E-state index in [4.69, 9.17) is 11.6 Å². The van der Waals surface area contributed by atoms with Crippen LogP contribution in [0.25, 0.3) is 0 Å². The predicted molar refractivity (Wildman–Crippen MR) is 82.8 cm³/mol. The maximum Gasteiger partial charge on any atom is 0.258 e. The average molecular weight is 285 g/mol. The third kappa shape index (κ3) is 2.94. The van der Waals surface area contributed by atoms with E-state index in [1.807, 2.05) is 24.4 Å². The largest absolute Gasteiger partial charge is 0.258 e. The minimum absolute atomic E-state index is 0.143. The van der Waals surface area contributed by atoms with Gasteiger partial charge in [0, 0.05) is 17.2 Å². The van der Waals surface area contributed by atoms with Gasteiger partial charge in [0.15, 0.2) is 12.4 Å². The Morgan fingerprint density at radius 3 is 2.65 bits per heavy atom. The van der Waals surface area contributed by atoms with Crippen LogP contribution in [0.5, 0.6) is 0 Å². The Balaban J connectivity index is 1.85. The highest BCUT2D eigenvalue weighted by atomic mass is 35.5. The molecule has 0 N–H and O–H groups in total. The second-order valence-corrected chi connectivity index (χ2v) is 5.73. The SMILES string of the molecule is ClC(c1ccccc1)[n+]1cccc(C2CC=CCC2)c1. The molecule has 0 spiro atoms. The monoisotopic (exact) mass is 284 g/mol. The first-order valence-electron chi connectivity index (χ1n) is 7.19. The second kappa shape index (κ2) is 6.23. The van der Waals surface area contributed by atoms with E-state index >= 15 is 0 Å².